The largest absolute Gasteiger partial charge is 0.507 e. The smallest absolute Gasteiger partial charge is 0.227 e. The van der Waals surface area contributed by atoms with Gasteiger partial charge >= 0.3 is 0 Å². The van der Waals surface area contributed by atoms with Crippen LogP contribution in [0.1, 0.15) is 5.56 Å². The molecule has 0 amide bonds. The maximum absolute atomic E-state index is 10.3. The first-order valence-corrected chi connectivity index (χ1v) is 8.99. The van der Waals surface area contributed by atoms with E-state index in [2.05, 4.69) is 9.98 Å². The van der Waals surface area contributed by atoms with Gasteiger partial charge in [-0.05, 0) is 47.2 Å². The lowest BCUT2D eigenvalue weighted by molar-refractivity contribution is 0.475. The van der Waals surface area contributed by atoms with Gasteiger partial charge in [-0.2, -0.15) is 0 Å². The molecule has 0 radical (unpaired) electrons. The summed E-state index contributed by atoms with van der Waals surface area (Å²) in [7, 11) is 0. The summed E-state index contributed by atoms with van der Waals surface area (Å²) < 4.78 is 5.85. The van der Waals surface area contributed by atoms with Gasteiger partial charge in [-0.15, -0.1) is 0 Å². The number of fused-ring (bicyclic) bond motifs is 2. The second-order valence-electron chi connectivity index (χ2n) is 6.51. The van der Waals surface area contributed by atoms with E-state index in [1.54, 1.807) is 12.3 Å². The topological polar surface area (TPSA) is 58.6 Å². The minimum absolute atomic E-state index is 0.206. The normalized spacial score (nSPS) is 11.6. The Morgan fingerprint density at radius 1 is 0.857 bits per heavy atom. The molecule has 1 heterocycles. The minimum Gasteiger partial charge on any atom is -0.507 e. The zero-order valence-corrected chi connectivity index (χ0v) is 14.9. The molecule has 0 bridgehead atoms. The van der Waals surface area contributed by atoms with E-state index in [1.807, 2.05) is 78.9 Å². The fraction of sp³-hybridized carbons (Fsp3) is 0. The van der Waals surface area contributed by atoms with E-state index in [-0.39, 0.29) is 5.75 Å². The van der Waals surface area contributed by atoms with Gasteiger partial charge in [-0.1, -0.05) is 48.5 Å². The summed E-state index contributed by atoms with van der Waals surface area (Å²) in [5, 5.41) is 12.3. The van der Waals surface area contributed by atoms with Crippen LogP contribution in [-0.4, -0.2) is 16.3 Å². The first-order valence-electron chi connectivity index (χ1n) is 8.99. The van der Waals surface area contributed by atoms with E-state index in [0.717, 1.165) is 33.1 Å². The highest BCUT2D eigenvalue weighted by Gasteiger charge is 2.08. The molecular weight excluding hydrogens is 348 g/mol. The average molecular weight is 364 g/mol. The lowest BCUT2D eigenvalue weighted by atomic mass is 10.0. The second kappa shape index (κ2) is 6.67. The monoisotopic (exact) mass is 364 g/mol. The molecule has 5 rings (SSSR count). The molecular formula is C24H16N2O2. The van der Waals surface area contributed by atoms with Crippen molar-refractivity contribution in [2.75, 3.05) is 0 Å². The Morgan fingerprint density at radius 3 is 2.64 bits per heavy atom. The number of aliphatic imine (C=N–C) groups is 1. The van der Waals surface area contributed by atoms with Crippen LogP contribution in [0, 0.1) is 0 Å². The Hall–Kier alpha value is -3.92. The van der Waals surface area contributed by atoms with Gasteiger partial charge < -0.3 is 9.52 Å². The molecule has 0 aliphatic rings. The van der Waals surface area contributed by atoms with Crippen LogP contribution < -0.4 is 0 Å². The van der Waals surface area contributed by atoms with Crippen molar-refractivity contribution in [2.24, 2.45) is 4.99 Å². The first kappa shape index (κ1) is 16.3. The van der Waals surface area contributed by atoms with Gasteiger partial charge in [-0.3, -0.25) is 4.99 Å². The summed E-state index contributed by atoms with van der Waals surface area (Å²) in [6.45, 7) is 0. The minimum atomic E-state index is 0.206. The number of rotatable bonds is 3. The first-order chi connectivity index (χ1) is 13.8. The van der Waals surface area contributed by atoms with Crippen molar-refractivity contribution in [3.63, 3.8) is 0 Å². The van der Waals surface area contributed by atoms with Gasteiger partial charge in [0.15, 0.2) is 5.58 Å². The maximum atomic E-state index is 10.3. The molecule has 0 atom stereocenters. The third kappa shape index (κ3) is 2.91. The molecule has 0 aliphatic carbocycles. The van der Waals surface area contributed by atoms with E-state index < -0.39 is 0 Å². The van der Waals surface area contributed by atoms with Crippen LogP contribution in [0.2, 0.25) is 0 Å². The number of aromatic hydroxyl groups is 1. The van der Waals surface area contributed by atoms with Crippen molar-refractivity contribution in [2.45, 2.75) is 0 Å². The number of phenolic OH excluding ortho intramolecular Hbond substituents is 1. The Labute approximate surface area is 161 Å². The lowest BCUT2D eigenvalue weighted by Gasteiger charge is -2.04. The lowest BCUT2D eigenvalue weighted by Crippen LogP contribution is -1.86. The van der Waals surface area contributed by atoms with Gasteiger partial charge in [0.25, 0.3) is 0 Å². The summed E-state index contributed by atoms with van der Waals surface area (Å²) in [6, 6.07) is 26.9. The molecule has 28 heavy (non-hydrogen) atoms. The third-order valence-electron chi connectivity index (χ3n) is 4.68. The van der Waals surface area contributed by atoms with Crippen molar-refractivity contribution >= 4 is 33.8 Å². The molecule has 4 aromatic carbocycles. The maximum Gasteiger partial charge on any atom is 0.227 e. The van der Waals surface area contributed by atoms with Gasteiger partial charge in [0, 0.05) is 17.3 Å². The molecule has 4 heteroatoms. The van der Waals surface area contributed by atoms with Crippen molar-refractivity contribution < 1.29 is 9.52 Å². The molecule has 4 nitrogen and oxygen atoms in total. The predicted octanol–water partition coefficient (Wildman–Crippen LogP) is 6.10. The standard InChI is InChI=1S/C24H16N2O2/c27-22-13-12-16-6-1-2-9-19(16)20(22)15-25-18-8-5-7-17(14-18)24-26-21-10-3-4-11-23(21)28-24/h1-15,27H. The van der Waals surface area contributed by atoms with Gasteiger partial charge in [0.2, 0.25) is 5.89 Å². The van der Waals surface area contributed by atoms with Crippen molar-refractivity contribution in [3.05, 3.63) is 90.5 Å². The number of hydrogen-bond donors (Lipinski definition) is 1. The Kier molecular flexibility index (Phi) is 3.87. The average Bonchev–Trinajstić information content (AvgIpc) is 3.18. The van der Waals surface area contributed by atoms with Crippen LogP contribution in [-0.2, 0) is 0 Å². The van der Waals surface area contributed by atoms with Gasteiger partial charge in [-0.25, -0.2) is 4.98 Å². The zero-order valence-electron chi connectivity index (χ0n) is 14.9. The summed E-state index contributed by atoms with van der Waals surface area (Å²) in [6.07, 6.45) is 1.70. The zero-order chi connectivity index (χ0) is 18.9. The van der Waals surface area contributed by atoms with Gasteiger partial charge in [0.05, 0.1) is 5.69 Å². The molecule has 5 aromatic rings. The Morgan fingerprint density at radius 2 is 1.71 bits per heavy atom. The highest BCUT2D eigenvalue weighted by molar-refractivity contribution is 6.03. The second-order valence-corrected chi connectivity index (χ2v) is 6.51. The fourth-order valence-corrected chi connectivity index (χ4v) is 3.27. The van der Waals surface area contributed by atoms with E-state index in [9.17, 15) is 5.11 Å². The summed E-state index contributed by atoms with van der Waals surface area (Å²) >= 11 is 0. The summed E-state index contributed by atoms with van der Waals surface area (Å²) in [4.78, 5) is 9.11. The number of phenols is 1. The molecule has 134 valence electrons. The Balaban J connectivity index is 1.53. The van der Waals surface area contributed by atoms with Crippen molar-refractivity contribution in [1.29, 1.82) is 0 Å². The molecule has 1 N–H and O–H groups in total. The SMILES string of the molecule is Oc1ccc2ccccc2c1C=Nc1cccc(-c2nc3ccccc3o2)c1. The fourth-order valence-electron chi connectivity index (χ4n) is 3.27. The summed E-state index contributed by atoms with van der Waals surface area (Å²) in [5.74, 6) is 0.767. The highest BCUT2D eigenvalue weighted by atomic mass is 16.3. The summed E-state index contributed by atoms with van der Waals surface area (Å²) in [5.41, 5.74) is 3.89. The third-order valence-corrected chi connectivity index (χ3v) is 4.68. The van der Waals surface area contributed by atoms with Crippen LogP contribution in [0.25, 0.3) is 33.3 Å². The van der Waals surface area contributed by atoms with Gasteiger partial charge in [0.1, 0.15) is 11.3 Å². The molecule has 1 aromatic heterocycles. The predicted molar refractivity (Wildman–Crippen MR) is 112 cm³/mol. The van der Waals surface area contributed by atoms with E-state index in [1.165, 1.54) is 0 Å². The number of aromatic nitrogens is 1. The number of hydrogen-bond acceptors (Lipinski definition) is 4. The quantitative estimate of drug-likeness (QED) is 0.393. The molecule has 0 fully saturated rings. The highest BCUT2D eigenvalue weighted by Crippen LogP contribution is 2.29. The van der Waals surface area contributed by atoms with Crippen LogP contribution in [0.15, 0.2) is 94.3 Å². The molecule has 0 saturated carbocycles. The van der Waals surface area contributed by atoms with E-state index in [0.29, 0.717) is 11.5 Å². The van der Waals surface area contributed by atoms with E-state index >= 15 is 0 Å². The van der Waals surface area contributed by atoms with Crippen molar-refractivity contribution in [1.82, 2.24) is 4.98 Å². The van der Waals surface area contributed by atoms with Crippen LogP contribution >= 0.6 is 0 Å². The van der Waals surface area contributed by atoms with Crippen molar-refractivity contribution in [3.8, 4) is 17.2 Å². The van der Waals surface area contributed by atoms with Crippen LogP contribution in [0.3, 0.4) is 0 Å². The molecule has 0 unspecified atom stereocenters. The number of para-hydroxylation sites is 2. The van der Waals surface area contributed by atoms with Crippen LogP contribution in [0.4, 0.5) is 5.69 Å². The van der Waals surface area contributed by atoms with Crippen LogP contribution in [0.5, 0.6) is 5.75 Å². The number of nitrogens with zero attached hydrogens (tertiary/aromatic N) is 2. The number of benzene rings is 4. The number of oxazole rings is 1. The van der Waals surface area contributed by atoms with E-state index in [4.69, 9.17) is 4.42 Å². The Bertz CT molecular complexity index is 1300. The molecule has 0 spiro atoms. The molecule has 0 saturated heterocycles. The molecule has 0 aliphatic heterocycles.